The van der Waals surface area contributed by atoms with Crippen molar-refractivity contribution in [1.82, 2.24) is 4.57 Å². The first-order chi connectivity index (χ1) is 27.3. The van der Waals surface area contributed by atoms with E-state index in [0.717, 1.165) is 55.8 Å². The van der Waals surface area contributed by atoms with Crippen LogP contribution >= 0.6 is 0 Å². The molecule has 0 spiro atoms. The third-order valence-electron chi connectivity index (χ3n) is 11.0. The summed E-state index contributed by atoms with van der Waals surface area (Å²) >= 11 is 0. The molecule has 11 rings (SSSR count). The second-order valence-corrected chi connectivity index (χ2v) is 14.1. The Balaban J connectivity index is 1.17. The molecule has 2 heterocycles. The van der Waals surface area contributed by atoms with Gasteiger partial charge >= 0.3 is 0 Å². The first kappa shape index (κ1) is 31.2. The van der Waals surface area contributed by atoms with Gasteiger partial charge in [0, 0.05) is 38.4 Å². The largest absolute Gasteiger partial charge is 0.455 e. The monoisotopic (exact) mass is 702 g/mol. The number of fused-ring (bicyclic) bond motifs is 7. The molecule has 258 valence electrons. The molecule has 0 atom stereocenters. The zero-order valence-electron chi connectivity index (χ0n) is 29.9. The van der Waals surface area contributed by atoms with Crippen molar-refractivity contribution in [1.29, 1.82) is 0 Å². The third kappa shape index (κ3) is 4.98. The molecule has 0 radical (unpaired) electrons. The molecule has 0 bridgehead atoms. The Morgan fingerprint density at radius 1 is 0.364 bits per heavy atom. The number of furan rings is 1. The van der Waals surface area contributed by atoms with Crippen molar-refractivity contribution in [2.24, 2.45) is 0 Å². The van der Waals surface area contributed by atoms with Crippen LogP contribution in [0.3, 0.4) is 0 Å². The van der Waals surface area contributed by atoms with E-state index in [2.05, 4.69) is 210 Å². The fourth-order valence-corrected chi connectivity index (χ4v) is 8.56. The number of anilines is 3. The van der Waals surface area contributed by atoms with Gasteiger partial charge in [-0.15, -0.1) is 0 Å². The summed E-state index contributed by atoms with van der Waals surface area (Å²) in [6, 6.07) is 73.9. The number of para-hydroxylation sites is 7. The van der Waals surface area contributed by atoms with E-state index in [4.69, 9.17) is 4.42 Å². The lowest BCUT2D eigenvalue weighted by atomic mass is 9.97. The quantitative estimate of drug-likeness (QED) is 0.172. The summed E-state index contributed by atoms with van der Waals surface area (Å²) in [7, 11) is 0. The zero-order valence-corrected chi connectivity index (χ0v) is 29.9. The van der Waals surface area contributed by atoms with Crippen LogP contribution < -0.4 is 4.90 Å². The minimum Gasteiger partial charge on any atom is -0.455 e. The molecule has 2 aromatic heterocycles. The number of hydrogen-bond acceptors (Lipinski definition) is 2. The van der Waals surface area contributed by atoms with Gasteiger partial charge < -0.3 is 13.9 Å². The van der Waals surface area contributed by atoms with Crippen molar-refractivity contribution >= 4 is 71.6 Å². The lowest BCUT2D eigenvalue weighted by Gasteiger charge is -2.30. The Labute approximate surface area is 318 Å². The molecular weight excluding hydrogens is 669 g/mol. The van der Waals surface area contributed by atoms with Crippen molar-refractivity contribution in [3.05, 3.63) is 206 Å². The van der Waals surface area contributed by atoms with Gasteiger partial charge in [-0.1, -0.05) is 158 Å². The van der Waals surface area contributed by atoms with E-state index >= 15 is 0 Å². The summed E-state index contributed by atoms with van der Waals surface area (Å²) in [6.45, 7) is 0. The summed E-state index contributed by atoms with van der Waals surface area (Å²) in [4.78, 5) is 2.42. The Bertz CT molecular complexity index is 3160. The average molecular weight is 703 g/mol. The van der Waals surface area contributed by atoms with Gasteiger partial charge in [-0.2, -0.15) is 0 Å². The lowest BCUT2D eigenvalue weighted by Crippen LogP contribution is -2.14. The van der Waals surface area contributed by atoms with E-state index < -0.39 is 0 Å². The van der Waals surface area contributed by atoms with Gasteiger partial charge in [-0.25, -0.2) is 0 Å². The zero-order chi connectivity index (χ0) is 36.3. The minimum absolute atomic E-state index is 0.887. The van der Waals surface area contributed by atoms with Gasteiger partial charge in [-0.05, 0) is 70.4 Å². The van der Waals surface area contributed by atoms with Crippen molar-refractivity contribution in [2.75, 3.05) is 4.90 Å². The van der Waals surface area contributed by atoms with Crippen LogP contribution in [0.2, 0.25) is 0 Å². The molecular formula is C52H34N2O. The summed E-state index contributed by atoms with van der Waals surface area (Å²) in [6.07, 6.45) is 0. The first-order valence-electron chi connectivity index (χ1n) is 18.8. The van der Waals surface area contributed by atoms with E-state index in [1.165, 1.54) is 43.7 Å². The predicted octanol–water partition coefficient (Wildman–Crippen LogP) is 14.6. The van der Waals surface area contributed by atoms with Crippen molar-refractivity contribution in [2.45, 2.75) is 0 Å². The average Bonchev–Trinajstić information content (AvgIpc) is 3.80. The SMILES string of the molecule is c1ccc(N(c2ccc(-c3cccc4ccccc34)cc2)c2ccccc2-n2c3ccccc3c3ccccc32)c(-c2cccc3c2oc2ccccc23)c1. The number of hydrogen-bond donors (Lipinski definition) is 0. The lowest BCUT2D eigenvalue weighted by molar-refractivity contribution is 0.670. The number of aromatic nitrogens is 1. The van der Waals surface area contributed by atoms with Gasteiger partial charge in [-0.3, -0.25) is 0 Å². The Kier molecular flexibility index (Phi) is 7.17. The first-order valence-corrected chi connectivity index (χ1v) is 18.8. The summed E-state index contributed by atoms with van der Waals surface area (Å²) < 4.78 is 9.06. The highest BCUT2D eigenvalue weighted by molar-refractivity contribution is 6.12. The molecule has 0 aliphatic heterocycles. The Morgan fingerprint density at radius 2 is 0.909 bits per heavy atom. The normalized spacial score (nSPS) is 11.6. The molecule has 11 aromatic rings. The van der Waals surface area contributed by atoms with Gasteiger partial charge in [0.1, 0.15) is 11.2 Å². The molecule has 0 aliphatic carbocycles. The van der Waals surface area contributed by atoms with Gasteiger partial charge in [0.25, 0.3) is 0 Å². The second kappa shape index (κ2) is 12.6. The van der Waals surface area contributed by atoms with Crippen LogP contribution in [0.5, 0.6) is 0 Å². The second-order valence-electron chi connectivity index (χ2n) is 14.1. The van der Waals surface area contributed by atoms with E-state index in [9.17, 15) is 0 Å². The molecule has 3 heteroatoms. The molecule has 0 amide bonds. The number of rotatable bonds is 6. The van der Waals surface area contributed by atoms with Crippen molar-refractivity contribution < 1.29 is 4.42 Å². The van der Waals surface area contributed by atoms with Crippen molar-refractivity contribution in [3.8, 4) is 27.9 Å². The molecule has 0 N–H and O–H groups in total. The smallest absolute Gasteiger partial charge is 0.143 e. The summed E-state index contributed by atoms with van der Waals surface area (Å²) in [5.74, 6) is 0. The maximum absolute atomic E-state index is 6.64. The van der Waals surface area contributed by atoms with Crippen LogP contribution in [-0.2, 0) is 0 Å². The standard InChI is InChI=1S/C52H34N2O/c1-2-17-38-35(15-1)16-13-22-39(38)36-31-33-37(34-32-36)53(46-25-7-5-20-42(46)44-23-14-24-45-43-21-6-12-30-51(43)55-52(44)45)49-28-10-11-29-50(49)54-47-26-8-3-18-40(47)41-19-4-9-27-48(41)54/h1-34H. The summed E-state index contributed by atoms with van der Waals surface area (Å²) in [5, 5.41) is 7.18. The van der Waals surface area contributed by atoms with Crippen LogP contribution in [0, 0.1) is 0 Å². The highest BCUT2D eigenvalue weighted by Gasteiger charge is 2.24. The number of nitrogens with zero attached hydrogens (tertiary/aromatic N) is 2. The summed E-state index contributed by atoms with van der Waals surface area (Å²) in [5.41, 5.74) is 12.9. The molecule has 9 aromatic carbocycles. The molecule has 0 fully saturated rings. The van der Waals surface area contributed by atoms with Crippen LogP contribution in [-0.4, -0.2) is 4.57 Å². The highest BCUT2D eigenvalue weighted by atomic mass is 16.3. The molecule has 0 saturated heterocycles. The van der Waals surface area contributed by atoms with Gasteiger partial charge in [0.05, 0.1) is 28.1 Å². The third-order valence-corrected chi connectivity index (χ3v) is 11.0. The molecule has 3 nitrogen and oxygen atoms in total. The van der Waals surface area contributed by atoms with E-state index in [1.807, 2.05) is 6.07 Å². The van der Waals surface area contributed by atoms with Gasteiger partial charge in [0.15, 0.2) is 0 Å². The van der Waals surface area contributed by atoms with E-state index in [1.54, 1.807) is 0 Å². The van der Waals surface area contributed by atoms with E-state index in [0.29, 0.717) is 0 Å². The van der Waals surface area contributed by atoms with Crippen LogP contribution in [0.4, 0.5) is 17.1 Å². The molecule has 0 aliphatic rings. The van der Waals surface area contributed by atoms with Crippen molar-refractivity contribution in [3.63, 3.8) is 0 Å². The highest BCUT2D eigenvalue weighted by Crippen LogP contribution is 2.47. The minimum atomic E-state index is 0.887. The van der Waals surface area contributed by atoms with Gasteiger partial charge in [0.2, 0.25) is 0 Å². The topological polar surface area (TPSA) is 21.3 Å². The number of benzene rings is 9. The van der Waals surface area contributed by atoms with Crippen LogP contribution in [0.25, 0.3) is 82.5 Å². The molecule has 0 saturated carbocycles. The van der Waals surface area contributed by atoms with E-state index in [-0.39, 0.29) is 0 Å². The molecule has 0 unspecified atom stereocenters. The predicted molar refractivity (Wildman–Crippen MR) is 231 cm³/mol. The molecule has 55 heavy (non-hydrogen) atoms. The maximum Gasteiger partial charge on any atom is 0.143 e. The maximum atomic E-state index is 6.64. The van der Waals surface area contributed by atoms with Crippen LogP contribution in [0.15, 0.2) is 211 Å². The van der Waals surface area contributed by atoms with Crippen LogP contribution in [0.1, 0.15) is 0 Å². The fourth-order valence-electron chi connectivity index (χ4n) is 8.56. The fraction of sp³-hybridized carbons (Fsp3) is 0. The Morgan fingerprint density at radius 3 is 1.71 bits per heavy atom. The Hall–Kier alpha value is -7.36.